The molecule has 148 valence electrons. The standard InChI is InChI=1S/C24H34O3/c1-3-19(25)11-7-8-12-20-21(24-16-15-23(20)27-24)13-14-22(26)17(2)18-9-5-4-6-10-18/h4-10,17,20-24,26H,3,11-16H2,1-2H3/t17?,20-,21+,22?,23-,24+/m1/s1. The summed E-state index contributed by atoms with van der Waals surface area (Å²) in [6, 6.07) is 10.3. The zero-order valence-corrected chi connectivity index (χ0v) is 16.7. The summed E-state index contributed by atoms with van der Waals surface area (Å²) in [5, 5.41) is 10.7. The Bertz CT molecular complexity index is 624. The predicted octanol–water partition coefficient (Wildman–Crippen LogP) is 5.04. The van der Waals surface area contributed by atoms with Crippen molar-refractivity contribution in [3.05, 3.63) is 48.0 Å². The monoisotopic (exact) mass is 370 g/mol. The lowest BCUT2D eigenvalue weighted by Gasteiger charge is -2.29. The highest BCUT2D eigenvalue weighted by Gasteiger charge is 2.47. The molecule has 0 aromatic heterocycles. The molecule has 3 rings (SSSR count). The minimum Gasteiger partial charge on any atom is -0.393 e. The summed E-state index contributed by atoms with van der Waals surface area (Å²) < 4.78 is 6.19. The second-order valence-electron chi connectivity index (χ2n) is 8.27. The van der Waals surface area contributed by atoms with Gasteiger partial charge < -0.3 is 9.84 Å². The number of ketones is 1. The Morgan fingerprint density at radius 1 is 1.19 bits per heavy atom. The van der Waals surface area contributed by atoms with Crippen LogP contribution in [0.2, 0.25) is 0 Å². The third-order valence-corrected chi connectivity index (χ3v) is 6.60. The van der Waals surface area contributed by atoms with E-state index in [9.17, 15) is 9.90 Å². The fourth-order valence-electron chi connectivity index (χ4n) is 4.80. The van der Waals surface area contributed by atoms with Crippen molar-refractivity contribution in [2.45, 2.75) is 83.0 Å². The maximum absolute atomic E-state index is 11.5. The zero-order valence-electron chi connectivity index (χ0n) is 16.7. The van der Waals surface area contributed by atoms with Crippen LogP contribution in [0, 0.1) is 11.8 Å². The van der Waals surface area contributed by atoms with Crippen molar-refractivity contribution in [2.75, 3.05) is 0 Å². The first-order valence-corrected chi connectivity index (χ1v) is 10.6. The molecule has 1 aromatic carbocycles. The van der Waals surface area contributed by atoms with Crippen molar-refractivity contribution in [2.24, 2.45) is 11.8 Å². The summed E-state index contributed by atoms with van der Waals surface area (Å²) in [5.41, 5.74) is 1.20. The summed E-state index contributed by atoms with van der Waals surface area (Å²) in [6.45, 7) is 4.03. The molecule has 0 amide bonds. The van der Waals surface area contributed by atoms with Gasteiger partial charge in [-0.25, -0.2) is 0 Å². The smallest absolute Gasteiger partial charge is 0.136 e. The van der Waals surface area contributed by atoms with Gasteiger partial charge in [-0.2, -0.15) is 0 Å². The van der Waals surface area contributed by atoms with Gasteiger partial charge in [0.15, 0.2) is 0 Å². The summed E-state index contributed by atoms with van der Waals surface area (Å²) in [5.74, 6) is 1.53. The van der Waals surface area contributed by atoms with Crippen LogP contribution in [-0.2, 0) is 9.53 Å². The van der Waals surface area contributed by atoms with E-state index in [-0.39, 0.29) is 12.0 Å². The van der Waals surface area contributed by atoms with E-state index in [0.717, 1.165) is 32.1 Å². The van der Waals surface area contributed by atoms with Crippen LogP contribution < -0.4 is 0 Å². The highest BCUT2D eigenvalue weighted by molar-refractivity contribution is 5.79. The first-order valence-electron chi connectivity index (χ1n) is 10.6. The van der Waals surface area contributed by atoms with Gasteiger partial charge in [0.25, 0.3) is 0 Å². The Hall–Kier alpha value is -1.45. The lowest BCUT2D eigenvalue weighted by molar-refractivity contribution is -0.117. The molecular weight excluding hydrogens is 336 g/mol. The van der Waals surface area contributed by atoms with Crippen LogP contribution in [0.15, 0.2) is 42.5 Å². The van der Waals surface area contributed by atoms with Gasteiger partial charge in [0.1, 0.15) is 5.78 Å². The highest BCUT2D eigenvalue weighted by atomic mass is 16.5. The van der Waals surface area contributed by atoms with E-state index >= 15 is 0 Å². The number of hydrogen-bond acceptors (Lipinski definition) is 3. The summed E-state index contributed by atoms with van der Waals surface area (Å²) in [7, 11) is 0. The largest absolute Gasteiger partial charge is 0.393 e. The third-order valence-electron chi connectivity index (χ3n) is 6.60. The number of Topliss-reactive ketones (excluding diaryl/α,β-unsaturated/α-hetero) is 1. The summed E-state index contributed by atoms with van der Waals surface area (Å²) in [6.07, 6.45) is 11.0. The van der Waals surface area contributed by atoms with Crippen molar-refractivity contribution in [3.8, 4) is 0 Å². The van der Waals surface area contributed by atoms with Gasteiger partial charge in [-0.15, -0.1) is 0 Å². The fourth-order valence-corrected chi connectivity index (χ4v) is 4.80. The third kappa shape index (κ3) is 5.08. The molecule has 0 saturated carbocycles. The van der Waals surface area contributed by atoms with E-state index in [1.54, 1.807) is 0 Å². The lowest BCUT2D eigenvalue weighted by Crippen LogP contribution is -2.28. The van der Waals surface area contributed by atoms with Gasteiger partial charge in [-0.3, -0.25) is 4.79 Å². The van der Waals surface area contributed by atoms with E-state index in [2.05, 4.69) is 25.1 Å². The average Bonchev–Trinajstić information content (AvgIpc) is 3.31. The molecule has 2 aliphatic heterocycles. The van der Waals surface area contributed by atoms with Crippen molar-refractivity contribution in [3.63, 3.8) is 0 Å². The molecule has 2 aliphatic rings. The van der Waals surface area contributed by atoms with Crippen LogP contribution >= 0.6 is 0 Å². The average molecular weight is 371 g/mol. The molecule has 1 N–H and O–H groups in total. The minimum absolute atomic E-state index is 0.157. The topological polar surface area (TPSA) is 46.5 Å². The SMILES string of the molecule is CCC(=O)CC=CC[C@@H]1[C@H](CCC(O)C(C)c2ccccc2)[C@@H]2CC[C@H]1O2. The molecule has 0 aliphatic carbocycles. The molecule has 2 heterocycles. The number of rotatable bonds is 10. The molecule has 2 saturated heterocycles. The predicted molar refractivity (Wildman–Crippen MR) is 109 cm³/mol. The lowest BCUT2D eigenvalue weighted by atomic mass is 9.74. The second kappa shape index (κ2) is 9.66. The molecular formula is C24H34O3. The first kappa shape index (κ1) is 20.3. The van der Waals surface area contributed by atoms with Crippen LogP contribution in [0.5, 0.6) is 0 Å². The minimum atomic E-state index is -0.315. The van der Waals surface area contributed by atoms with Crippen LogP contribution in [0.1, 0.15) is 70.3 Å². The quantitative estimate of drug-likeness (QED) is 0.587. The number of aliphatic hydroxyl groups excluding tert-OH is 1. The number of ether oxygens (including phenoxy) is 1. The number of hydrogen-bond donors (Lipinski definition) is 1. The number of fused-ring (bicyclic) bond motifs is 2. The number of benzene rings is 1. The Kier molecular flexibility index (Phi) is 7.26. The number of allylic oxidation sites excluding steroid dienone is 2. The summed E-state index contributed by atoms with van der Waals surface area (Å²) in [4.78, 5) is 11.5. The second-order valence-corrected chi connectivity index (χ2v) is 8.27. The van der Waals surface area contributed by atoms with Crippen LogP contribution in [0.3, 0.4) is 0 Å². The summed E-state index contributed by atoms with van der Waals surface area (Å²) >= 11 is 0. The van der Waals surface area contributed by atoms with Crippen molar-refractivity contribution in [1.82, 2.24) is 0 Å². The fraction of sp³-hybridized carbons (Fsp3) is 0.625. The van der Waals surface area contributed by atoms with Gasteiger partial charge in [0.2, 0.25) is 0 Å². The van der Waals surface area contributed by atoms with Crippen LogP contribution in [-0.4, -0.2) is 29.2 Å². The Balaban J connectivity index is 1.52. The van der Waals surface area contributed by atoms with Gasteiger partial charge >= 0.3 is 0 Å². The van der Waals surface area contributed by atoms with Crippen molar-refractivity contribution in [1.29, 1.82) is 0 Å². The van der Waals surface area contributed by atoms with Gasteiger partial charge in [0, 0.05) is 18.8 Å². The maximum atomic E-state index is 11.5. The molecule has 2 bridgehead atoms. The molecule has 27 heavy (non-hydrogen) atoms. The Labute approximate surface area is 163 Å². The number of carbonyl (C=O) groups excluding carboxylic acids is 1. The molecule has 3 nitrogen and oxygen atoms in total. The van der Waals surface area contributed by atoms with Crippen molar-refractivity contribution < 1.29 is 14.6 Å². The van der Waals surface area contributed by atoms with Crippen LogP contribution in [0.25, 0.3) is 0 Å². The van der Waals surface area contributed by atoms with E-state index in [1.807, 2.05) is 31.2 Å². The zero-order chi connectivity index (χ0) is 19.2. The maximum Gasteiger partial charge on any atom is 0.136 e. The molecule has 3 heteroatoms. The van der Waals surface area contributed by atoms with E-state index in [1.165, 1.54) is 5.56 Å². The Morgan fingerprint density at radius 2 is 1.89 bits per heavy atom. The van der Waals surface area contributed by atoms with Crippen LogP contribution in [0.4, 0.5) is 0 Å². The van der Waals surface area contributed by atoms with Gasteiger partial charge in [-0.1, -0.05) is 56.3 Å². The molecule has 1 aromatic rings. The molecule has 0 radical (unpaired) electrons. The van der Waals surface area contributed by atoms with E-state index in [4.69, 9.17) is 4.74 Å². The first-order chi connectivity index (χ1) is 13.1. The van der Waals surface area contributed by atoms with Gasteiger partial charge in [0.05, 0.1) is 18.3 Å². The van der Waals surface area contributed by atoms with Crippen molar-refractivity contribution >= 4 is 5.78 Å². The highest BCUT2D eigenvalue weighted by Crippen LogP contribution is 2.47. The normalized spacial score (nSPS) is 29.3. The van der Waals surface area contributed by atoms with E-state index in [0.29, 0.717) is 42.7 Å². The van der Waals surface area contributed by atoms with Gasteiger partial charge in [-0.05, 0) is 49.5 Å². The number of aliphatic hydroxyl groups is 1. The van der Waals surface area contributed by atoms with E-state index < -0.39 is 0 Å². The molecule has 2 fully saturated rings. The molecule has 2 unspecified atom stereocenters. The number of carbonyl (C=O) groups is 1. The Morgan fingerprint density at radius 3 is 2.59 bits per heavy atom. The molecule has 6 atom stereocenters. The molecule has 0 spiro atoms.